The van der Waals surface area contributed by atoms with Crippen molar-refractivity contribution in [1.82, 2.24) is 5.43 Å². The maximum absolute atomic E-state index is 12.8. The van der Waals surface area contributed by atoms with Crippen molar-refractivity contribution in [3.8, 4) is 11.5 Å². The van der Waals surface area contributed by atoms with Gasteiger partial charge >= 0.3 is 5.97 Å². The van der Waals surface area contributed by atoms with Crippen molar-refractivity contribution in [2.75, 3.05) is 11.9 Å². The Kier molecular flexibility index (Phi) is 9.77. The maximum Gasteiger partial charge on any atom is 0.343 e. The van der Waals surface area contributed by atoms with Gasteiger partial charge in [-0.25, -0.2) is 10.2 Å². The molecule has 4 aromatic carbocycles. The Morgan fingerprint density at radius 2 is 1.61 bits per heavy atom. The van der Waals surface area contributed by atoms with Crippen molar-refractivity contribution in [1.29, 1.82) is 0 Å². The molecule has 41 heavy (non-hydrogen) atoms. The van der Waals surface area contributed by atoms with Gasteiger partial charge in [0.25, 0.3) is 5.91 Å². The zero-order chi connectivity index (χ0) is 29.0. The first-order valence-electron chi connectivity index (χ1n) is 12.9. The van der Waals surface area contributed by atoms with Crippen LogP contribution in [0.5, 0.6) is 11.5 Å². The molecule has 0 radical (unpaired) electrons. The molecule has 2 N–H and O–H groups in total. The number of rotatable bonds is 10. The molecule has 0 unspecified atom stereocenters. The van der Waals surface area contributed by atoms with Crippen LogP contribution < -0.4 is 20.2 Å². The number of esters is 1. The van der Waals surface area contributed by atoms with Crippen LogP contribution in [-0.4, -0.2) is 30.6 Å². The summed E-state index contributed by atoms with van der Waals surface area (Å²) in [7, 11) is 0. The van der Waals surface area contributed by atoms with Gasteiger partial charge in [0, 0.05) is 6.08 Å². The predicted octanol–water partition coefficient (Wildman–Crippen LogP) is 6.03. The standard InChI is InChI=1S/C33H29N3O5/c1-3-40-30-21-25(16-18-29(30)41-33(39)26-13-9-10-23(2)20-26)22-34-36-32(38)27-14-7-8-15-28(27)35-31(37)19-17-24-11-5-4-6-12-24/h4-22H,3H2,1-2H3,(H,35,37)(H,36,38)/b19-17+,34-22-. The van der Waals surface area contributed by atoms with Crippen LogP contribution in [0.4, 0.5) is 5.69 Å². The minimum atomic E-state index is -0.502. The summed E-state index contributed by atoms with van der Waals surface area (Å²) in [6, 6.07) is 28.1. The molecule has 0 atom stereocenters. The fourth-order valence-corrected chi connectivity index (χ4v) is 3.81. The molecule has 4 rings (SSSR count). The molecule has 0 heterocycles. The molecular formula is C33H29N3O5. The normalized spacial score (nSPS) is 10.9. The average molecular weight is 548 g/mol. The summed E-state index contributed by atoms with van der Waals surface area (Å²) in [5, 5.41) is 6.78. The minimum Gasteiger partial charge on any atom is -0.490 e. The summed E-state index contributed by atoms with van der Waals surface area (Å²) in [4.78, 5) is 37.9. The Morgan fingerprint density at radius 1 is 0.829 bits per heavy atom. The Morgan fingerprint density at radius 3 is 2.39 bits per heavy atom. The number of hydrogen-bond acceptors (Lipinski definition) is 6. The second-order valence-electron chi connectivity index (χ2n) is 8.88. The van der Waals surface area contributed by atoms with Gasteiger partial charge in [0.1, 0.15) is 0 Å². The van der Waals surface area contributed by atoms with E-state index in [1.165, 1.54) is 12.3 Å². The van der Waals surface area contributed by atoms with Crippen molar-refractivity contribution < 1.29 is 23.9 Å². The SMILES string of the molecule is CCOc1cc(/C=N\NC(=O)c2ccccc2NC(=O)/C=C/c2ccccc2)ccc1OC(=O)c1cccc(C)c1. The number of carbonyl (C=O) groups excluding carboxylic acids is 3. The molecule has 0 spiro atoms. The van der Waals surface area contributed by atoms with Gasteiger partial charge in [0.2, 0.25) is 5.91 Å². The molecule has 0 aromatic heterocycles. The van der Waals surface area contributed by atoms with Crippen LogP contribution in [0.2, 0.25) is 0 Å². The number of ether oxygens (including phenoxy) is 2. The van der Waals surface area contributed by atoms with E-state index in [0.717, 1.165) is 11.1 Å². The van der Waals surface area contributed by atoms with E-state index in [1.807, 2.05) is 50.2 Å². The number of benzene rings is 4. The maximum atomic E-state index is 12.8. The van der Waals surface area contributed by atoms with Crippen LogP contribution in [0.1, 0.15) is 44.3 Å². The lowest BCUT2D eigenvalue weighted by molar-refractivity contribution is -0.111. The number of nitrogens with zero attached hydrogens (tertiary/aromatic N) is 1. The molecular weight excluding hydrogens is 518 g/mol. The van der Waals surface area contributed by atoms with Crippen molar-refractivity contribution in [2.45, 2.75) is 13.8 Å². The first-order chi connectivity index (χ1) is 19.9. The van der Waals surface area contributed by atoms with Gasteiger partial charge in [-0.05, 0) is 73.5 Å². The summed E-state index contributed by atoms with van der Waals surface area (Å²) in [5.41, 5.74) is 5.95. The largest absolute Gasteiger partial charge is 0.490 e. The highest BCUT2D eigenvalue weighted by molar-refractivity contribution is 6.07. The smallest absolute Gasteiger partial charge is 0.343 e. The molecule has 0 aliphatic carbocycles. The quantitative estimate of drug-likeness (QED) is 0.0829. The van der Waals surface area contributed by atoms with Crippen LogP contribution in [0.25, 0.3) is 6.08 Å². The summed E-state index contributed by atoms with van der Waals surface area (Å²) in [6.45, 7) is 4.07. The van der Waals surface area contributed by atoms with Crippen LogP contribution in [0.15, 0.2) is 108 Å². The number of amides is 2. The monoisotopic (exact) mass is 547 g/mol. The summed E-state index contributed by atoms with van der Waals surface area (Å²) in [5.74, 6) is -0.738. The predicted molar refractivity (Wildman–Crippen MR) is 159 cm³/mol. The number of para-hydroxylation sites is 1. The number of aryl methyl sites for hydroxylation is 1. The van der Waals surface area contributed by atoms with Crippen LogP contribution in [0.3, 0.4) is 0 Å². The molecule has 0 saturated heterocycles. The zero-order valence-electron chi connectivity index (χ0n) is 22.7. The molecule has 0 aliphatic heterocycles. The van der Waals surface area contributed by atoms with Crippen molar-refractivity contribution >= 4 is 35.8 Å². The lowest BCUT2D eigenvalue weighted by atomic mass is 10.1. The first kappa shape index (κ1) is 28.5. The van der Waals surface area contributed by atoms with Crippen molar-refractivity contribution in [3.05, 3.63) is 131 Å². The van der Waals surface area contributed by atoms with Crippen LogP contribution in [0, 0.1) is 6.92 Å². The Hall–Kier alpha value is -5.50. The second-order valence-corrected chi connectivity index (χ2v) is 8.88. The molecule has 0 aliphatic rings. The van der Waals surface area contributed by atoms with Crippen molar-refractivity contribution in [3.63, 3.8) is 0 Å². The number of anilines is 1. The van der Waals surface area contributed by atoms with Gasteiger partial charge in [0.05, 0.1) is 29.6 Å². The Balaban J connectivity index is 1.41. The van der Waals surface area contributed by atoms with Crippen LogP contribution >= 0.6 is 0 Å². The number of hydrogen-bond donors (Lipinski definition) is 2. The van der Waals surface area contributed by atoms with E-state index < -0.39 is 11.9 Å². The third kappa shape index (κ3) is 8.24. The third-order valence-corrected chi connectivity index (χ3v) is 5.76. The molecule has 206 valence electrons. The Bertz CT molecular complexity index is 1600. The van der Waals surface area contributed by atoms with Gasteiger partial charge in [-0.1, -0.05) is 60.2 Å². The lowest BCUT2D eigenvalue weighted by Gasteiger charge is -2.11. The van der Waals surface area contributed by atoms with E-state index >= 15 is 0 Å². The van der Waals surface area contributed by atoms with E-state index in [1.54, 1.807) is 66.7 Å². The molecule has 0 saturated carbocycles. The third-order valence-electron chi connectivity index (χ3n) is 5.76. The first-order valence-corrected chi connectivity index (χ1v) is 12.9. The van der Waals surface area contributed by atoms with Gasteiger partial charge in [-0.15, -0.1) is 0 Å². The fraction of sp³-hybridized carbons (Fsp3) is 0.0909. The average Bonchev–Trinajstić information content (AvgIpc) is 2.98. The highest BCUT2D eigenvalue weighted by Crippen LogP contribution is 2.29. The van der Waals surface area contributed by atoms with E-state index in [-0.39, 0.29) is 17.2 Å². The van der Waals surface area contributed by atoms with Crippen LogP contribution in [-0.2, 0) is 4.79 Å². The van der Waals surface area contributed by atoms with Gasteiger partial charge in [-0.2, -0.15) is 5.10 Å². The molecule has 0 bridgehead atoms. The molecule has 8 heteroatoms. The minimum absolute atomic E-state index is 0.250. The highest BCUT2D eigenvalue weighted by atomic mass is 16.6. The summed E-state index contributed by atoms with van der Waals surface area (Å²) >= 11 is 0. The fourth-order valence-electron chi connectivity index (χ4n) is 3.81. The second kappa shape index (κ2) is 14.0. The number of hydrazone groups is 1. The van der Waals surface area contributed by atoms with Gasteiger partial charge < -0.3 is 14.8 Å². The number of carbonyl (C=O) groups is 3. The highest BCUT2D eigenvalue weighted by Gasteiger charge is 2.14. The molecule has 8 nitrogen and oxygen atoms in total. The molecule has 4 aromatic rings. The Labute approximate surface area is 238 Å². The van der Waals surface area contributed by atoms with E-state index in [0.29, 0.717) is 29.2 Å². The molecule has 2 amide bonds. The van der Waals surface area contributed by atoms with Gasteiger partial charge in [0.15, 0.2) is 11.5 Å². The zero-order valence-corrected chi connectivity index (χ0v) is 22.7. The van der Waals surface area contributed by atoms with Crippen molar-refractivity contribution in [2.24, 2.45) is 5.10 Å². The topological polar surface area (TPSA) is 106 Å². The number of nitrogens with one attached hydrogen (secondary N) is 2. The molecule has 0 fully saturated rings. The van der Waals surface area contributed by atoms with E-state index in [9.17, 15) is 14.4 Å². The van der Waals surface area contributed by atoms with E-state index in [2.05, 4.69) is 15.8 Å². The lowest BCUT2D eigenvalue weighted by Crippen LogP contribution is -2.20. The summed E-state index contributed by atoms with van der Waals surface area (Å²) < 4.78 is 11.2. The summed E-state index contributed by atoms with van der Waals surface area (Å²) in [6.07, 6.45) is 4.53. The van der Waals surface area contributed by atoms with E-state index in [4.69, 9.17) is 9.47 Å². The van der Waals surface area contributed by atoms with Gasteiger partial charge in [-0.3, -0.25) is 9.59 Å².